The van der Waals surface area contributed by atoms with Gasteiger partial charge in [-0.2, -0.15) is 0 Å². The van der Waals surface area contributed by atoms with Crippen molar-refractivity contribution in [2.45, 2.75) is 26.3 Å². The summed E-state index contributed by atoms with van der Waals surface area (Å²) >= 11 is 0. The molecule has 118 valence electrons. The highest BCUT2D eigenvalue weighted by Crippen LogP contribution is 2.13. The van der Waals surface area contributed by atoms with Crippen LogP contribution in [-0.4, -0.2) is 32.6 Å². The predicted molar refractivity (Wildman–Crippen MR) is 81.9 cm³/mol. The van der Waals surface area contributed by atoms with Crippen molar-refractivity contribution >= 4 is 22.9 Å². The molecule has 2 aromatic rings. The lowest BCUT2D eigenvalue weighted by Crippen LogP contribution is -2.41. The van der Waals surface area contributed by atoms with Gasteiger partial charge in [-0.3, -0.25) is 9.36 Å². The zero-order chi connectivity index (χ0) is 16.4. The van der Waals surface area contributed by atoms with Crippen molar-refractivity contribution in [2.75, 3.05) is 0 Å². The average Bonchev–Trinajstić information content (AvgIpc) is 2.72. The summed E-state index contributed by atoms with van der Waals surface area (Å²) in [5, 5.41) is 11.7. The number of hydrogen-bond acceptors (Lipinski definition) is 3. The number of amides is 1. The van der Waals surface area contributed by atoms with Gasteiger partial charge in [0.2, 0.25) is 0 Å². The average molecular weight is 305 g/mol. The Hall–Kier alpha value is -2.57. The van der Waals surface area contributed by atoms with E-state index in [4.69, 9.17) is 0 Å². The molecule has 1 heterocycles. The van der Waals surface area contributed by atoms with Crippen molar-refractivity contribution in [3.05, 3.63) is 34.2 Å². The van der Waals surface area contributed by atoms with Gasteiger partial charge in [0, 0.05) is 12.6 Å². The molecule has 0 bridgehead atoms. The van der Waals surface area contributed by atoms with Gasteiger partial charge in [-0.05, 0) is 30.5 Å². The molecule has 0 aliphatic rings. The summed E-state index contributed by atoms with van der Waals surface area (Å²) in [6, 6.07) is 3.82. The van der Waals surface area contributed by atoms with E-state index in [9.17, 15) is 19.5 Å². The van der Waals surface area contributed by atoms with Crippen LogP contribution in [0.3, 0.4) is 0 Å². The molecular weight excluding hydrogens is 286 g/mol. The monoisotopic (exact) mass is 305 g/mol. The van der Waals surface area contributed by atoms with Gasteiger partial charge in [0.05, 0.1) is 11.0 Å². The molecule has 0 fully saturated rings. The number of aromatic amines is 1. The highest BCUT2D eigenvalue weighted by molar-refractivity contribution is 5.99. The molecule has 22 heavy (non-hydrogen) atoms. The number of H-pyrrole nitrogens is 1. The van der Waals surface area contributed by atoms with E-state index in [2.05, 4.69) is 10.3 Å². The fourth-order valence-electron chi connectivity index (χ4n) is 2.30. The number of benzene rings is 1. The normalized spacial score (nSPS) is 12.5. The summed E-state index contributed by atoms with van der Waals surface area (Å²) in [5.74, 6) is -1.38. The van der Waals surface area contributed by atoms with Gasteiger partial charge in [0.1, 0.15) is 6.04 Å². The number of aryl methyl sites for hydroxylation is 1. The number of hydrogen-bond donors (Lipinski definition) is 3. The van der Waals surface area contributed by atoms with Crippen LogP contribution >= 0.6 is 0 Å². The fraction of sp³-hybridized carbons (Fsp3) is 0.400. The van der Waals surface area contributed by atoms with E-state index in [0.29, 0.717) is 23.0 Å². The minimum absolute atomic E-state index is 0.148. The van der Waals surface area contributed by atoms with Crippen LogP contribution in [0.15, 0.2) is 23.0 Å². The van der Waals surface area contributed by atoms with Gasteiger partial charge in [-0.25, -0.2) is 9.59 Å². The molecule has 7 heteroatoms. The SMILES string of the molecule is CC(C)CC(NC(=O)c1ccc2[nH]c(=O)n(C)c2c1)C(=O)O. The Bertz CT molecular complexity index is 773. The van der Waals surface area contributed by atoms with Crippen LogP contribution in [0.25, 0.3) is 11.0 Å². The number of aliphatic carboxylic acids is 1. The summed E-state index contributed by atoms with van der Waals surface area (Å²) < 4.78 is 1.40. The first-order valence-corrected chi connectivity index (χ1v) is 7.02. The number of imidazole rings is 1. The van der Waals surface area contributed by atoms with Crippen molar-refractivity contribution in [3.63, 3.8) is 0 Å². The van der Waals surface area contributed by atoms with E-state index in [-0.39, 0.29) is 11.6 Å². The van der Waals surface area contributed by atoms with E-state index in [1.54, 1.807) is 25.2 Å². The number of nitrogens with one attached hydrogen (secondary N) is 2. The molecule has 3 N–H and O–H groups in total. The van der Waals surface area contributed by atoms with Crippen LogP contribution in [0.4, 0.5) is 0 Å². The fourth-order valence-corrected chi connectivity index (χ4v) is 2.30. The molecule has 1 aromatic heterocycles. The van der Waals surface area contributed by atoms with Crippen molar-refractivity contribution in [2.24, 2.45) is 13.0 Å². The largest absolute Gasteiger partial charge is 0.480 e. The Morgan fingerprint density at radius 1 is 1.36 bits per heavy atom. The molecule has 0 saturated heterocycles. The second-order valence-corrected chi connectivity index (χ2v) is 5.71. The Balaban J connectivity index is 2.27. The molecule has 1 atom stereocenters. The molecule has 0 aliphatic heterocycles. The molecular formula is C15H19N3O4. The Labute approximate surface area is 127 Å². The number of carboxylic acids is 1. The van der Waals surface area contributed by atoms with Crippen LogP contribution in [-0.2, 0) is 11.8 Å². The van der Waals surface area contributed by atoms with Crippen LogP contribution < -0.4 is 11.0 Å². The van der Waals surface area contributed by atoms with Crippen molar-refractivity contribution in [1.29, 1.82) is 0 Å². The smallest absolute Gasteiger partial charge is 0.326 e. The standard InChI is InChI=1S/C15H19N3O4/c1-8(2)6-11(14(20)21)16-13(19)9-4-5-10-12(7-9)18(3)15(22)17-10/h4-5,7-8,11H,6H2,1-3H3,(H,16,19)(H,17,22)(H,20,21). The number of carboxylic acid groups (broad SMARTS) is 1. The van der Waals surface area contributed by atoms with E-state index < -0.39 is 17.9 Å². The lowest BCUT2D eigenvalue weighted by Gasteiger charge is -2.16. The summed E-state index contributed by atoms with van der Waals surface area (Å²) in [6.07, 6.45) is 0.353. The van der Waals surface area contributed by atoms with Gasteiger partial charge in [0.25, 0.3) is 5.91 Å². The van der Waals surface area contributed by atoms with E-state index >= 15 is 0 Å². The minimum atomic E-state index is -1.06. The lowest BCUT2D eigenvalue weighted by atomic mass is 10.0. The highest BCUT2D eigenvalue weighted by Gasteiger charge is 2.22. The van der Waals surface area contributed by atoms with Gasteiger partial charge in [0.15, 0.2) is 0 Å². The number of rotatable bonds is 5. The van der Waals surface area contributed by atoms with Gasteiger partial charge in [-0.1, -0.05) is 13.8 Å². The van der Waals surface area contributed by atoms with E-state index in [0.717, 1.165) is 0 Å². The van der Waals surface area contributed by atoms with Crippen molar-refractivity contribution < 1.29 is 14.7 Å². The maximum atomic E-state index is 12.2. The second-order valence-electron chi connectivity index (χ2n) is 5.71. The predicted octanol–water partition coefficient (Wildman–Crippen LogP) is 1.10. The third kappa shape index (κ3) is 3.19. The number of carbonyl (C=O) groups excluding carboxylic acids is 1. The molecule has 1 amide bonds. The van der Waals surface area contributed by atoms with Crippen LogP contribution in [0.5, 0.6) is 0 Å². The highest BCUT2D eigenvalue weighted by atomic mass is 16.4. The molecule has 0 aliphatic carbocycles. The topological polar surface area (TPSA) is 104 Å². The second kappa shape index (κ2) is 6.05. The molecule has 7 nitrogen and oxygen atoms in total. The van der Waals surface area contributed by atoms with Gasteiger partial charge < -0.3 is 15.4 Å². The van der Waals surface area contributed by atoms with E-state index in [1.165, 1.54) is 4.57 Å². The zero-order valence-corrected chi connectivity index (χ0v) is 12.7. The molecule has 1 aromatic carbocycles. The summed E-state index contributed by atoms with van der Waals surface area (Å²) in [4.78, 5) is 37.6. The number of carbonyl (C=O) groups is 2. The minimum Gasteiger partial charge on any atom is -0.480 e. The number of aromatic nitrogens is 2. The third-order valence-electron chi connectivity index (χ3n) is 3.48. The van der Waals surface area contributed by atoms with Crippen molar-refractivity contribution in [1.82, 2.24) is 14.9 Å². The first-order chi connectivity index (χ1) is 10.3. The first-order valence-electron chi connectivity index (χ1n) is 7.02. The van der Waals surface area contributed by atoms with Gasteiger partial charge >= 0.3 is 11.7 Å². The summed E-state index contributed by atoms with van der Waals surface area (Å²) in [5.41, 5.74) is 1.27. The quantitative estimate of drug-likeness (QED) is 0.769. The number of fused-ring (bicyclic) bond motifs is 1. The van der Waals surface area contributed by atoms with Crippen molar-refractivity contribution in [3.8, 4) is 0 Å². The lowest BCUT2D eigenvalue weighted by molar-refractivity contribution is -0.139. The molecule has 0 radical (unpaired) electrons. The Morgan fingerprint density at radius 2 is 2.05 bits per heavy atom. The maximum Gasteiger partial charge on any atom is 0.326 e. The molecule has 0 saturated carbocycles. The number of nitrogens with zero attached hydrogens (tertiary/aromatic N) is 1. The van der Waals surface area contributed by atoms with Crippen LogP contribution in [0.1, 0.15) is 30.6 Å². The van der Waals surface area contributed by atoms with Gasteiger partial charge in [-0.15, -0.1) is 0 Å². The molecule has 1 unspecified atom stereocenters. The molecule has 2 rings (SSSR count). The Morgan fingerprint density at radius 3 is 2.64 bits per heavy atom. The third-order valence-corrected chi connectivity index (χ3v) is 3.48. The zero-order valence-electron chi connectivity index (χ0n) is 12.7. The Kier molecular flexibility index (Phi) is 4.35. The molecule has 0 spiro atoms. The van der Waals surface area contributed by atoms with Crippen LogP contribution in [0.2, 0.25) is 0 Å². The summed E-state index contributed by atoms with van der Waals surface area (Å²) in [7, 11) is 1.60. The van der Waals surface area contributed by atoms with E-state index in [1.807, 2.05) is 13.8 Å². The van der Waals surface area contributed by atoms with Crippen LogP contribution in [0, 0.1) is 5.92 Å². The maximum absolute atomic E-state index is 12.2. The summed E-state index contributed by atoms with van der Waals surface area (Å²) in [6.45, 7) is 3.79. The first kappa shape index (κ1) is 15.8.